The average molecular weight is 244 g/mol. The Labute approximate surface area is 99.4 Å². The summed E-state index contributed by atoms with van der Waals surface area (Å²) in [6, 6.07) is 0. The van der Waals surface area contributed by atoms with E-state index in [-0.39, 0.29) is 6.61 Å². The summed E-state index contributed by atoms with van der Waals surface area (Å²) in [7, 11) is 0. The van der Waals surface area contributed by atoms with E-state index in [0.717, 1.165) is 12.2 Å². The highest BCUT2D eigenvalue weighted by atomic mass is 17.3. The molecule has 1 aliphatic rings. The van der Waals surface area contributed by atoms with Gasteiger partial charge in [-0.25, -0.2) is 14.5 Å². The summed E-state index contributed by atoms with van der Waals surface area (Å²) in [6.45, 7) is 6.92. The number of rotatable bonds is 3. The molecular formula is C11H16O6. The number of esters is 2. The quantitative estimate of drug-likeness (QED) is 0.420. The maximum Gasteiger partial charge on any atom is 0.333 e. The summed E-state index contributed by atoms with van der Waals surface area (Å²) in [5, 5.41) is 0. The third-order valence-electron chi connectivity index (χ3n) is 1.64. The molecule has 0 aromatic heterocycles. The van der Waals surface area contributed by atoms with Gasteiger partial charge >= 0.3 is 11.9 Å². The first kappa shape index (κ1) is 13.7. The van der Waals surface area contributed by atoms with Gasteiger partial charge in [-0.15, -0.1) is 0 Å². The number of carbonyl (C=O) groups is 2. The summed E-state index contributed by atoms with van der Waals surface area (Å²) in [5.74, 6) is -2.36. The first-order valence-corrected chi connectivity index (χ1v) is 5.15. The fourth-order valence-corrected chi connectivity index (χ4v) is 0.990. The monoisotopic (exact) mass is 244 g/mol. The van der Waals surface area contributed by atoms with Crippen molar-refractivity contribution in [2.75, 3.05) is 6.61 Å². The van der Waals surface area contributed by atoms with Gasteiger partial charge in [0.2, 0.25) is 0 Å². The first-order valence-electron chi connectivity index (χ1n) is 5.15. The van der Waals surface area contributed by atoms with Gasteiger partial charge in [0.05, 0.1) is 0 Å². The highest BCUT2D eigenvalue weighted by Crippen LogP contribution is 2.22. The van der Waals surface area contributed by atoms with Gasteiger partial charge < -0.3 is 9.47 Å². The van der Waals surface area contributed by atoms with Crippen LogP contribution < -0.4 is 0 Å². The van der Waals surface area contributed by atoms with Gasteiger partial charge in [-0.3, -0.25) is 0 Å². The fourth-order valence-electron chi connectivity index (χ4n) is 0.990. The number of ether oxygens (including phenoxy) is 2. The van der Waals surface area contributed by atoms with E-state index in [2.05, 4.69) is 9.78 Å². The zero-order valence-corrected chi connectivity index (χ0v) is 10.3. The largest absolute Gasteiger partial charge is 0.457 e. The minimum absolute atomic E-state index is 0.166. The van der Waals surface area contributed by atoms with E-state index in [9.17, 15) is 9.59 Å². The molecule has 1 rings (SSSR count). The summed E-state index contributed by atoms with van der Waals surface area (Å²) in [5.41, 5.74) is -0.595. The van der Waals surface area contributed by atoms with Crippen molar-refractivity contribution in [1.29, 1.82) is 0 Å². The third-order valence-corrected chi connectivity index (χ3v) is 1.64. The van der Waals surface area contributed by atoms with Crippen LogP contribution in [0.4, 0.5) is 0 Å². The molecule has 0 N–H and O–H groups in total. The van der Waals surface area contributed by atoms with Crippen LogP contribution in [-0.4, -0.2) is 29.9 Å². The molecule has 0 bridgehead atoms. The Kier molecular flexibility index (Phi) is 3.90. The summed E-state index contributed by atoms with van der Waals surface area (Å²) in [4.78, 5) is 31.5. The van der Waals surface area contributed by atoms with Gasteiger partial charge in [-0.2, -0.15) is 4.89 Å². The van der Waals surface area contributed by atoms with Crippen LogP contribution in [0.1, 0.15) is 27.7 Å². The molecule has 96 valence electrons. The molecule has 17 heavy (non-hydrogen) atoms. The van der Waals surface area contributed by atoms with Gasteiger partial charge in [0.25, 0.3) is 5.79 Å². The predicted molar refractivity (Wildman–Crippen MR) is 56.5 cm³/mol. The lowest BCUT2D eigenvalue weighted by molar-refractivity contribution is -0.521. The van der Waals surface area contributed by atoms with Crippen molar-refractivity contribution in [1.82, 2.24) is 0 Å². The van der Waals surface area contributed by atoms with Crippen LogP contribution in [0, 0.1) is 0 Å². The molecule has 1 saturated heterocycles. The van der Waals surface area contributed by atoms with Gasteiger partial charge in [-0.05, 0) is 20.8 Å². The molecular weight excluding hydrogens is 228 g/mol. The average Bonchev–Trinajstić information content (AvgIpc) is 2.09. The minimum atomic E-state index is -1.06. The summed E-state index contributed by atoms with van der Waals surface area (Å²) >= 11 is 0. The van der Waals surface area contributed by atoms with Crippen LogP contribution in [0.5, 0.6) is 0 Å². The normalized spacial score (nSPS) is 24.2. The van der Waals surface area contributed by atoms with Crippen LogP contribution >= 0.6 is 0 Å². The van der Waals surface area contributed by atoms with Gasteiger partial charge in [-0.1, -0.05) is 0 Å². The molecule has 0 spiro atoms. The SMILES string of the molecule is CC(C)(C)OC(=O)C=CC(=O)OC1(C)COO1. The maximum absolute atomic E-state index is 11.3. The molecule has 1 fully saturated rings. The van der Waals surface area contributed by atoms with Gasteiger partial charge in [0, 0.05) is 19.1 Å². The maximum atomic E-state index is 11.3. The highest BCUT2D eigenvalue weighted by molar-refractivity contribution is 5.91. The second kappa shape index (κ2) is 4.85. The van der Waals surface area contributed by atoms with Crippen LogP contribution in [0.15, 0.2) is 12.2 Å². The van der Waals surface area contributed by atoms with Gasteiger partial charge in [0.15, 0.2) is 6.61 Å². The Bertz CT molecular complexity index is 334. The van der Waals surface area contributed by atoms with E-state index in [1.165, 1.54) is 0 Å². The van der Waals surface area contributed by atoms with E-state index >= 15 is 0 Å². The zero-order chi connectivity index (χ0) is 13.1. The minimum Gasteiger partial charge on any atom is -0.457 e. The third kappa shape index (κ3) is 4.97. The lowest BCUT2D eigenvalue weighted by atomic mass is 10.2. The molecule has 0 saturated carbocycles. The lowest BCUT2D eigenvalue weighted by Crippen LogP contribution is -2.48. The molecule has 0 aromatic rings. The first-order chi connectivity index (χ1) is 7.70. The standard InChI is InChI=1S/C11H16O6/c1-10(2,3)15-8(12)5-6-9(13)16-11(4)7-14-17-11/h5-6H,7H2,1-4H3. The van der Waals surface area contributed by atoms with Crippen LogP contribution in [-0.2, 0) is 28.8 Å². The van der Waals surface area contributed by atoms with E-state index in [1.54, 1.807) is 27.7 Å². The van der Waals surface area contributed by atoms with Crippen LogP contribution in [0.2, 0.25) is 0 Å². The highest BCUT2D eigenvalue weighted by Gasteiger charge is 2.40. The van der Waals surface area contributed by atoms with Crippen molar-refractivity contribution in [3.8, 4) is 0 Å². The van der Waals surface area contributed by atoms with Crippen molar-refractivity contribution >= 4 is 11.9 Å². The Balaban J connectivity index is 2.37. The predicted octanol–water partition coefficient (Wildman–Crippen LogP) is 1.11. The molecule has 6 heteroatoms. The molecule has 1 unspecified atom stereocenters. The van der Waals surface area contributed by atoms with E-state index < -0.39 is 23.3 Å². The molecule has 0 radical (unpaired) electrons. The second-order valence-corrected chi connectivity index (χ2v) is 4.77. The molecule has 1 aliphatic heterocycles. The van der Waals surface area contributed by atoms with Crippen LogP contribution in [0.25, 0.3) is 0 Å². The Morgan fingerprint density at radius 1 is 1.24 bits per heavy atom. The molecule has 1 heterocycles. The molecule has 0 amide bonds. The number of carbonyl (C=O) groups excluding carboxylic acids is 2. The van der Waals surface area contributed by atoms with E-state index in [0.29, 0.717) is 0 Å². The van der Waals surface area contributed by atoms with E-state index in [4.69, 9.17) is 9.47 Å². The number of hydrogen-bond acceptors (Lipinski definition) is 6. The summed E-state index contributed by atoms with van der Waals surface area (Å²) < 4.78 is 9.84. The smallest absolute Gasteiger partial charge is 0.333 e. The molecule has 0 aliphatic carbocycles. The second-order valence-electron chi connectivity index (χ2n) is 4.77. The van der Waals surface area contributed by atoms with Crippen molar-refractivity contribution in [2.45, 2.75) is 39.1 Å². The fraction of sp³-hybridized carbons (Fsp3) is 0.636. The Morgan fingerprint density at radius 2 is 1.76 bits per heavy atom. The lowest BCUT2D eigenvalue weighted by Gasteiger charge is -2.34. The Hall–Kier alpha value is -1.40. The summed E-state index contributed by atoms with van der Waals surface area (Å²) in [6.07, 6.45) is 2.00. The van der Waals surface area contributed by atoms with Crippen molar-refractivity contribution in [2.24, 2.45) is 0 Å². The van der Waals surface area contributed by atoms with Crippen molar-refractivity contribution in [3.63, 3.8) is 0 Å². The Morgan fingerprint density at radius 3 is 2.18 bits per heavy atom. The van der Waals surface area contributed by atoms with E-state index in [1.807, 2.05) is 0 Å². The topological polar surface area (TPSA) is 71.1 Å². The molecule has 1 atom stereocenters. The van der Waals surface area contributed by atoms with Crippen molar-refractivity contribution in [3.05, 3.63) is 12.2 Å². The zero-order valence-electron chi connectivity index (χ0n) is 10.3. The number of hydrogen-bond donors (Lipinski definition) is 0. The van der Waals surface area contributed by atoms with Gasteiger partial charge in [0.1, 0.15) is 5.60 Å². The van der Waals surface area contributed by atoms with Crippen molar-refractivity contribution < 1.29 is 28.8 Å². The molecule has 0 aromatic carbocycles. The molecule has 6 nitrogen and oxygen atoms in total. The van der Waals surface area contributed by atoms with Crippen LogP contribution in [0.3, 0.4) is 0 Å².